The number of benzene rings is 2. The summed E-state index contributed by atoms with van der Waals surface area (Å²) in [6.07, 6.45) is 0.312. The van der Waals surface area contributed by atoms with Crippen LogP contribution in [0.3, 0.4) is 0 Å². The van der Waals surface area contributed by atoms with Crippen LogP contribution in [0.4, 0.5) is 5.69 Å². The molecule has 1 atom stereocenters. The summed E-state index contributed by atoms with van der Waals surface area (Å²) < 4.78 is 5.42. The first kappa shape index (κ1) is 17.1. The van der Waals surface area contributed by atoms with Crippen LogP contribution in [-0.4, -0.2) is 22.6 Å². The summed E-state index contributed by atoms with van der Waals surface area (Å²) in [5, 5.41) is 5.24. The highest BCUT2D eigenvalue weighted by atomic mass is 35.5. The molecule has 2 aromatic carbocycles. The van der Waals surface area contributed by atoms with Crippen molar-refractivity contribution in [1.82, 2.24) is 10.1 Å². The summed E-state index contributed by atoms with van der Waals surface area (Å²) in [7, 11) is 0. The molecule has 1 unspecified atom stereocenters. The van der Waals surface area contributed by atoms with Gasteiger partial charge in [-0.2, -0.15) is 4.98 Å². The van der Waals surface area contributed by atoms with Gasteiger partial charge in [-0.05, 0) is 42.8 Å². The first-order chi connectivity index (χ1) is 12.5. The highest BCUT2D eigenvalue weighted by Gasteiger charge is 2.36. The Balaban J connectivity index is 1.59. The Bertz CT molecular complexity index is 949. The Kier molecular flexibility index (Phi) is 4.42. The zero-order valence-corrected chi connectivity index (χ0v) is 15.5. The molecule has 7 heteroatoms. The normalized spacial score (nSPS) is 17.1. The van der Waals surface area contributed by atoms with Crippen molar-refractivity contribution in [1.29, 1.82) is 0 Å². The zero-order chi connectivity index (χ0) is 18.3. The van der Waals surface area contributed by atoms with Gasteiger partial charge in [0, 0.05) is 23.6 Å². The minimum absolute atomic E-state index is 0.00237. The molecule has 0 saturated carbocycles. The topological polar surface area (TPSA) is 59.2 Å². The van der Waals surface area contributed by atoms with E-state index in [-0.39, 0.29) is 11.8 Å². The molecule has 132 valence electrons. The molecule has 1 saturated heterocycles. The van der Waals surface area contributed by atoms with Crippen LogP contribution < -0.4 is 4.90 Å². The number of rotatable bonds is 3. The Morgan fingerprint density at radius 3 is 2.65 bits per heavy atom. The van der Waals surface area contributed by atoms with E-state index in [0.29, 0.717) is 34.7 Å². The molecular weight excluding hydrogens is 373 g/mol. The minimum Gasteiger partial charge on any atom is -0.339 e. The number of nitrogens with zero attached hydrogens (tertiary/aromatic N) is 3. The predicted octanol–water partition coefficient (Wildman–Crippen LogP) is 4.87. The summed E-state index contributed by atoms with van der Waals surface area (Å²) in [5.41, 5.74) is 2.52. The van der Waals surface area contributed by atoms with E-state index in [1.807, 2.05) is 31.2 Å². The van der Waals surface area contributed by atoms with E-state index in [1.165, 1.54) is 0 Å². The fourth-order valence-electron chi connectivity index (χ4n) is 3.17. The Morgan fingerprint density at radius 2 is 1.92 bits per heavy atom. The van der Waals surface area contributed by atoms with Crippen LogP contribution in [0.25, 0.3) is 11.4 Å². The van der Waals surface area contributed by atoms with Crippen LogP contribution in [0.2, 0.25) is 10.0 Å². The van der Waals surface area contributed by atoms with Gasteiger partial charge in [0.25, 0.3) is 0 Å². The maximum atomic E-state index is 12.5. The second kappa shape index (κ2) is 6.74. The summed E-state index contributed by atoms with van der Waals surface area (Å²) in [6, 6.07) is 12.8. The molecule has 4 rings (SSSR count). The van der Waals surface area contributed by atoms with Gasteiger partial charge in [0.2, 0.25) is 17.6 Å². The van der Waals surface area contributed by atoms with Crippen LogP contribution in [0.5, 0.6) is 0 Å². The third-order valence-corrected chi connectivity index (χ3v) is 5.03. The third-order valence-electron chi connectivity index (χ3n) is 4.48. The van der Waals surface area contributed by atoms with Crippen LogP contribution in [0.15, 0.2) is 47.0 Å². The molecule has 1 amide bonds. The lowest BCUT2D eigenvalue weighted by Gasteiger charge is -2.20. The lowest BCUT2D eigenvalue weighted by atomic mass is 10.1. The molecule has 26 heavy (non-hydrogen) atoms. The summed E-state index contributed by atoms with van der Waals surface area (Å²) in [4.78, 5) is 18.7. The highest BCUT2D eigenvalue weighted by Crippen LogP contribution is 2.37. The first-order valence-corrected chi connectivity index (χ1v) is 8.93. The zero-order valence-electron chi connectivity index (χ0n) is 13.9. The SMILES string of the molecule is Cc1cccc(Cl)c1N1CC(c2nc(-c3ccc(Cl)cc3)no2)CC1=O. The molecule has 2 heterocycles. The molecule has 0 aliphatic carbocycles. The van der Waals surface area contributed by atoms with Gasteiger partial charge < -0.3 is 9.42 Å². The standard InChI is InChI=1S/C19H15Cl2N3O2/c1-11-3-2-4-15(21)17(11)24-10-13(9-16(24)25)19-22-18(23-26-19)12-5-7-14(20)8-6-12/h2-8,13H,9-10H2,1H3. The van der Waals surface area contributed by atoms with Crippen molar-refractivity contribution >= 4 is 34.8 Å². The molecule has 5 nitrogen and oxygen atoms in total. The largest absolute Gasteiger partial charge is 0.339 e. The maximum absolute atomic E-state index is 12.5. The third kappa shape index (κ3) is 3.08. The predicted molar refractivity (Wildman–Crippen MR) is 101 cm³/mol. The van der Waals surface area contributed by atoms with E-state index < -0.39 is 0 Å². The number of anilines is 1. The first-order valence-electron chi connectivity index (χ1n) is 8.18. The fourth-order valence-corrected chi connectivity index (χ4v) is 3.62. The van der Waals surface area contributed by atoms with Crippen molar-refractivity contribution in [3.05, 3.63) is 64.0 Å². The van der Waals surface area contributed by atoms with Crippen molar-refractivity contribution in [3.8, 4) is 11.4 Å². The number of aromatic nitrogens is 2. The molecule has 0 bridgehead atoms. The van der Waals surface area contributed by atoms with Crippen LogP contribution in [0.1, 0.15) is 23.8 Å². The van der Waals surface area contributed by atoms with Crippen LogP contribution in [0, 0.1) is 6.92 Å². The molecule has 1 fully saturated rings. The fraction of sp³-hybridized carbons (Fsp3) is 0.211. The number of amides is 1. The summed E-state index contributed by atoms with van der Waals surface area (Å²) >= 11 is 12.2. The Morgan fingerprint density at radius 1 is 1.15 bits per heavy atom. The number of aryl methyl sites for hydroxylation is 1. The lowest BCUT2D eigenvalue weighted by Crippen LogP contribution is -2.25. The Labute approximate surface area is 160 Å². The van der Waals surface area contributed by atoms with E-state index in [0.717, 1.165) is 16.8 Å². The molecule has 0 N–H and O–H groups in total. The lowest BCUT2D eigenvalue weighted by molar-refractivity contribution is -0.117. The van der Waals surface area contributed by atoms with E-state index in [2.05, 4.69) is 10.1 Å². The van der Waals surface area contributed by atoms with Crippen molar-refractivity contribution in [2.75, 3.05) is 11.4 Å². The van der Waals surface area contributed by atoms with E-state index >= 15 is 0 Å². The van der Waals surface area contributed by atoms with Crippen molar-refractivity contribution < 1.29 is 9.32 Å². The van der Waals surface area contributed by atoms with Gasteiger partial charge in [-0.1, -0.05) is 40.5 Å². The van der Waals surface area contributed by atoms with Gasteiger partial charge in [0.15, 0.2) is 0 Å². The molecule has 0 spiro atoms. The van der Waals surface area contributed by atoms with E-state index in [9.17, 15) is 4.79 Å². The molecule has 0 radical (unpaired) electrons. The van der Waals surface area contributed by atoms with Gasteiger partial charge in [0.1, 0.15) is 0 Å². The van der Waals surface area contributed by atoms with Gasteiger partial charge in [-0.15, -0.1) is 0 Å². The quantitative estimate of drug-likeness (QED) is 0.642. The summed E-state index contributed by atoms with van der Waals surface area (Å²) in [5.74, 6) is 0.774. The second-order valence-corrected chi connectivity index (χ2v) is 7.12. The van der Waals surface area contributed by atoms with Crippen LogP contribution in [-0.2, 0) is 4.79 Å². The minimum atomic E-state index is -0.160. The smallest absolute Gasteiger partial charge is 0.232 e. The average molecular weight is 388 g/mol. The molecular formula is C19H15Cl2N3O2. The van der Waals surface area contributed by atoms with Crippen molar-refractivity contribution in [2.24, 2.45) is 0 Å². The van der Waals surface area contributed by atoms with Gasteiger partial charge in [-0.25, -0.2) is 0 Å². The summed E-state index contributed by atoms with van der Waals surface area (Å²) in [6.45, 7) is 2.40. The number of carbonyl (C=O) groups excluding carboxylic acids is 1. The number of hydrogen-bond donors (Lipinski definition) is 0. The number of halogens is 2. The van der Waals surface area contributed by atoms with Crippen LogP contribution >= 0.6 is 23.2 Å². The molecule has 3 aromatic rings. The van der Waals surface area contributed by atoms with E-state index in [4.69, 9.17) is 27.7 Å². The van der Waals surface area contributed by atoms with Crippen molar-refractivity contribution in [2.45, 2.75) is 19.3 Å². The number of para-hydroxylation sites is 1. The second-order valence-electron chi connectivity index (χ2n) is 6.27. The van der Waals surface area contributed by atoms with Gasteiger partial charge >= 0.3 is 0 Å². The van der Waals surface area contributed by atoms with Crippen molar-refractivity contribution in [3.63, 3.8) is 0 Å². The monoisotopic (exact) mass is 387 g/mol. The van der Waals surface area contributed by atoms with E-state index in [1.54, 1.807) is 23.1 Å². The molecule has 1 aliphatic rings. The molecule has 1 aromatic heterocycles. The number of hydrogen-bond acceptors (Lipinski definition) is 4. The van der Waals surface area contributed by atoms with Gasteiger partial charge in [-0.3, -0.25) is 4.79 Å². The van der Waals surface area contributed by atoms with Gasteiger partial charge in [0.05, 0.1) is 16.6 Å². The highest BCUT2D eigenvalue weighted by molar-refractivity contribution is 6.34. The average Bonchev–Trinajstić information content (AvgIpc) is 3.23. The number of carbonyl (C=O) groups is 1. The maximum Gasteiger partial charge on any atom is 0.232 e. The molecule has 1 aliphatic heterocycles. The Hall–Kier alpha value is -2.37.